The van der Waals surface area contributed by atoms with Crippen LogP contribution < -0.4 is 5.32 Å². The summed E-state index contributed by atoms with van der Waals surface area (Å²) in [7, 11) is 0. The van der Waals surface area contributed by atoms with Crippen molar-refractivity contribution in [3.63, 3.8) is 0 Å². The lowest BCUT2D eigenvalue weighted by Crippen LogP contribution is -2.51. The molecule has 2 aromatic carbocycles. The standard InChI is InChI=1S/C20H23ClFN3O/c21-18-7-5-16(6-8-18)15-23-20(26)25-13-11-24(12-14-25)10-9-17-3-1-2-4-19(17)22/h1-8H,9-15H2,(H,23,26). The molecule has 26 heavy (non-hydrogen) atoms. The van der Waals surface area contributed by atoms with Gasteiger partial charge in [-0.1, -0.05) is 41.9 Å². The van der Waals surface area contributed by atoms with Gasteiger partial charge in [0.25, 0.3) is 0 Å². The number of urea groups is 1. The Kier molecular flexibility index (Phi) is 6.47. The Morgan fingerprint density at radius 3 is 2.42 bits per heavy atom. The summed E-state index contributed by atoms with van der Waals surface area (Å²) in [5.74, 6) is -0.146. The highest BCUT2D eigenvalue weighted by molar-refractivity contribution is 6.30. The van der Waals surface area contributed by atoms with Crippen LogP contribution in [-0.4, -0.2) is 48.6 Å². The average molecular weight is 376 g/mol. The van der Waals surface area contributed by atoms with Gasteiger partial charge in [-0.3, -0.25) is 4.90 Å². The molecule has 3 rings (SSSR count). The maximum atomic E-state index is 13.7. The number of piperazine rings is 1. The highest BCUT2D eigenvalue weighted by atomic mass is 35.5. The van der Waals surface area contributed by atoms with Crippen molar-refractivity contribution in [1.29, 1.82) is 0 Å². The van der Waals surface area contributed by atoms with Gasteiger partial charge in [0.2, 0.25) is 0 Å². The summed E-state index contributed by atoms with van der Waals surface area (Å²) in [6.45, 7) is 4.28. The monoisotopic (exact) mass is 375 g/mol. The minimum absolute atomic E-state index is 0.0475. The fraction of sp³-hybridized carbons (Fsp3) is 0.350. The lowest BCUT2D eigenvalue weighted by molar-refractivity contribution is 0.139. The fourth-order valence-corrected chi connectivity index (χ4v) is 3.17. The van der Waals surface area contributed by atoms with E-state index in [4.69, 9.17) is 11.6 Å². The molecule has 2 amide bonds. The second-order valence-electron chi connectivity index (χ2n) is 6.46. The van der Waals surface area contributed by atoms with Crippen LogP contribution in [0.2, 0.25) is 5.02 Å². The zero-order valence-electron chi connectivity index (χ0n) is 14.6. The minimum atomic E-state index is -0.146. The van der Waals surface area contributed by atoms with Crippen LogP contribution in [0.15, 0.2) is 48.5 Å². The van der Waals surface area contributed by atoms with Crippen LogP contribution in [0.1, 0.15) is 11.1 Å². The largest absolute Gasteiger partial charge is 0.334 e. The molecule has 1 N–H and O–H groups in total. The van der Waals surface area contributed by atoms with Crippen LogP contribution in [0.5, 0.6) is 0 Å². The molecule has 1 saturated heterocycles. The van der Waals surface area contributed by atoms with E-state index in [0.717, 1.165) is 30.8 Å². The van der Waals surface area contributed by atoms with Gasteiger partial charge in [-0.25, -0.2) is 9.18 Å². The number of benzene rings is 2. The molecule has 0 aliphatic carbocycles. The van der Waals surface area contributed by atoms with Crippen LogP contribution in [0.3, 0.4) is 0 Å². The number of carbonyl (C=O) groups is 1. The molecule has 138 valence electrons. The quantitative estimate of drug-likeness (QED) is 0.867. The zero-order chi connectivity index (χ0) is 18.4. The molecule has 1 aliphatic heterocycles. The molecule has 0 aromatic heterocycles. The molecule has 0 radical (unpaired) electrons. The Hall–Kier alpha value is -2.11. The van der Waals surface area contributed by atoms with Gasteiger partial charge in [0, 0.05) is 44.3 Å². The van der Waals surface area contributed by atoms with Gasteiger partial charge >= 0.3 is 6.03 Å². The van der Waals surface area contributed by atoms with Crippen molar-refractivity contribution in [2.75, 3.05) is 32.7 Å². The number of halogens is 2. The number of nitrogens with zero attached hydrogens (tertiary/aromatic N) is 2. The number of hydrogen-bond donors (Lipinski definition) is 1. The predicted octanol–water partition coefficient (Wildman–Crippen LogP) is 3.55. The highest BCUT2D eigenvalue weighted by Gasteiger charge is 2.20. The van der Waals surface area contributed by atoms with Gasteiger partial charge < -0.3 is 10.2 Å². The van der Waals surface area contributed by atoms with Gasteiger partial charge in [0.05, 0.1) is 0 Å². The Bertz CT molecular complexity index is 730. The third-order valence-corrected chi connectivity index (χ3v) is 4.92. The Morgan fingerprint density at radius 1 is 1.04 bits per heavy atom. The minimum Gasteiger partial charge on any atom is -0.334 e. The molecule has 6 heteroatoms. The Labute approximate surface area is 158 Å². The van der Waals surface area contributed by atoms with Crippen molar-refractivity contribution in [1.82, 2.24) is 15.1 Å². The maximum absolute atomic E-state index is 13.7. The van der Waals surface area contributed by atoms with E-state index in [0.29, 0.717) is 31.1 Å². The summed E-state index contributed by atoms with van der Waals surface area (Å²) < 4.78 is 13.7. The molecule has 2 aromatic rings. The Balaban J connectivity index is 1.39. The molecule has 0 saturated carbocycles. The second-order valence-corrected chi connectivity index (χ2v) is 6.89. The van der Waals surface area contributed by atoms with Crippen LogP contribution in [-0.2, 0) is 13.0 Å². The molecule has 4 nitrogen and oxygen atoms in total. The smallest absolute Gasteiger partial charge is 0.317 e. The van der Waals surface area contributed by atoms with Crippen molar-refractivity contribution in [2.45, 2.75) is 13.0 Å². The first-order valence-corrected chi connectivity index (χ1v) is 9.22. The van der Waals surface area contributed by atoms with Gasteiger partial charge in [0.15, 0.2) is 0 Å². The summed E-state index contributed by atoms with van der Waals surface area (Å²) in [6, 6.07) is 14.3. The van der Waals surface area contributed by atoms with Crippen LogP contribution in [0.25, 0.3) is 0 Å². The van der Waals surface area contributed by atoms with Crippen LogP contribution >= 0.6 is 11.6 Å². The first kappa shape index (κ1) is 18.7. The second kappa shape index (κ2) is 9.01. The third-order valence-electron chi connectivity index (χ3n) is 4.67. The topological polar surface area (TPSA) is 35.6 Å². The molecular weight excluding hydrogens is 353 g/mol. The van der Waals surface area contributed by atoms with Crippen LogP contribution in [0.4, 0.5) is 9.18 Å². The average Bonchev–Trinajstić information content (AvgIpc) is 2.67. The summed E-state index contributed by atoms with van der Waals surface area (Å²) >= 11 is 5.86. The third kappa shape index (κ3) is 5.19. The summed E-state index contributed by atoms with van der Waals surface area (Å²) in [5, 5.41) is 3.63. The van der Waals surface area contributed by atoms with E-state index in [9.17, 15) is 9.18 Å². The van der Waals surface area contributed by atoms with Crippen molar-refractivity contribution in [3.8, 4) is 0 Å². The summed E-state index contributed by atoms with van der Waals surface area (Å²) in [6.07, 6.45) is 0.690. The molecule has 0 unspecified atom stereocenters. The van der Waals surface area contributed by atoms with Crippen LogP contribution in [0, 0.1) is 5.82 Å². The van der Waals surface area contributed by atoms with Gasteiger partial charge in [-0.15, -0.1) is 0 Å². The lowest BCUT2D eigenvalue weighted by Gasteiger charge is -2.34. The fourth-order valence-electron chi connectivity index (χ4n) is 3.05. The number of nitrogens with one attached hydrogen (secondary N) is 1. The van der Waals surface area contributed by atoms with E-state index in [1.165, 1.54) is 6.07 Å². The van der Waals surface area contributed by atoms with E-state index < -0.39 is 0 Å². The molecule has 0 bridgehead atoms. The summed E-state index contributed by atoms with van der Waals surface area (Å²) in [4.78, 5) is 16.4. The number of rotatable bonds is 5. The number of hydrogen-bond acceptors (Lipinski definition) is 2. The van der Waals surface area contributed by atoms with E-state index in [-0.39, 0.29) is 11.8 Å². The van der Waals surface area contributed by atoms with Crippen molar-refractivity contribution in [3.05, 3.63) is 70.5 Å². The summed E-state index contributed by atoms with van der Waals surface area (Å²) in [5.41, 5.74) is 1.77. The first-order chi connectivity index (χ1) is 12.6. The van der Waals surface area contributed by atoms with Crippen molar-refractivity contribution < 1.29 is 9.18 Å². The van der Waals surface area contributed by atoms with E-state index in [1.807, 2.05) is 41.3 Å². The molecule has 1 heterocycles. The van der Waals surface area contributed by atoms with E-state index in [2.05, 4.69) is 10.2 Å². The number of carbonyl (C=O) groups excluding carboxylic acids is 1. The first-order valence-electron chi connectivity index (χ1n) is 8.85. The number of amides is 2. The van der Waals surface area contributed by atoms with Gasteiger partial charge in [0.1, 0.15) is 5.82 Å². The van der Waals surface area contributed by atoms with Gasteiger partial charge in [-0.05, 0) is 35.7 Å². The normalized spacial score (nSPS) is 15.1. The SMILES string of the molecule is O=C(NCc1ccc(Cl)cc1)N1CCN(CCc2ccccc2F)CC1. The zero-order valence-corrected chi connectivity index (χ0v) is 15.4. The van der Waals surface area contributed by atoms with E-state index in [1.54, 1.807) is 6.07 Å². The predicted molar refractivity (Wildman–Crippen MR) is 102 cm³/mol. The molecule has 1 fully saturated rings. The maximum Gasteiger partial charge on any atom is 0.317 e. The van der Waals surface area contributed by atoms with E-state index >= 15 is 0 Å². The molecular formula is C20H23ClFN3O. The highest BCUT2D eigenvalue weighted by Crippen LogP contribution is 2.11. The van der Waals surface area contributed by atoms with Crippen molar-refractivity contribution >= 4 is 17.6 Å². The Morgan fingerprint density at radius 2 is 1.73 bits per heavy atom. The van der Waals surface area contributed by atoms with Crippen molar-refractivity contribution in [2.24, 2.45) is 0 Å². The lowest BCUT2D eigenvalue weighted by atomic mass is 10.1. The molecule has 0 atom stereocenters. The van der Waals surface area contributed by atoms with Gasteiger partial charge in [-0.2, -0.15) is 0 Å². The molecule has 0 spiro atoms. The molecule has 1 aliphatic rings.